The maximum absolute atomic E-state index is 12.3. The second-order valence-electron chi connectivity index (χ2n) is 5.28. The van der Waals surface area contributed by atoms with E-state index in [1.54, 1.807) is 4.90 Å². The third-order valence-corrected chi connectivity index (χ3v) is 3.70. The van der Waals surface area contributed by atoms with Crippen LogP contribution in [0.5, 0.6) is 0 Å². The first-order chi connectivity index (χ1) is 10.2. The van der Waals surface area contributed by atoms with E-state index in [1.165, 1.54) is 5.39 Å². The number of amides is 1. The Hall–Kier alpha value is -2.28. The van der Waals surface area contributed by atoms with Crippen LogP contribution in [-0.4, -0.2) is 28.5 Å². The van der Waals surface area contributed by atoms with Gasteiger partial charge in [0.15, 0.2) is 0 Å². The van der Waals surface area contributed by atoms with E-state index in [4.69, 9.17) is 5.26 Å². The average molecular weight is 283 g/mol. The van der Waals surface area contributed by atoms with E-state index in [0.717, 1.165) is 5.52 Å². The first-order valence-corrected chi connectivity index (χ1v) is 7.37. The summed E-state index contributed by atoms with van der Waals surface area (Å²) in [5.41, 5.74) is 1.15. The molecule has 0 radical (unpaired) electrons. The van der Waals surface area contributed by atoms with Crippen molar-refractivity contribution in [3.63, 3.8) is 0 Å². The Morgan fingerprint density at radius 2 is 2.14 bits per heavy atom. The number of rotatable bonds is 6. The number of nitriles is 1. The molecule has 0 saturated heterocycles. The van der Waals surface area contributed by atoms with Gasteiger partial charge in [-0.25, -0.2) is 0 Å². The number of carbonyl (C=O) groups excluding carboxylic acids is 1. The van der Waals surface area contributed by atoms with Gasteiger partial charge < -0.3 is 9.47 Å². The molecular weight excluding hydrogens is 262 g/mol. The number of fused-ring (bicyclic) bond motifs is 1. The predicted octanol–water partition coefficient (Wildman–Crippen LogP) is 3.04. The zero-order chi connectivity index (χ0) is 15.2. The maximum Gasteiger partial charge on any atom is 0.224 e. The molecule has 0 fully saturated rings. The number of carbonyl (C=O) groups is 1. The molecule has 1 atom stereocenters. The van der Waals surface area contributed by atoms with Crippen molar-refractivity contribution in [1.82, 2.24) is 9.47 Å². The van der Waals surface area contributed by atoms with Gasteiger partial charge in [0.1, 0.15) is 0 Å². The van der Waals surface area contributed by atoms with Gasteiger partial charge in [0.25, 0.3) is 0 Å². The Kier molecular flexibility index (Phi) is 4.99. The molecule has 0 spiro atoms. The molecule has 4 heteroatoms. The van der Waals surface area contributed by atoms with Crippen LogP contribution in [0.2, 0.25) is 0 Å². The molecule has 1 heterocycles. The van der Waals surface area contributed by atoms with Crippen molar-refractivity contribution >= 4 is 16.8 Å². The van der Waals surface area contributed by atoms with Crippen molar-refractivity contribution in [3.8, 4) is 6.07 Å². The minimum atomic E-state index is -0.124. The van der Waals surface area contributed by atoms with Gasteiger partial charge in [-0.1, -0.05) is 18.2 Å². The number of aryl methyl sites for hydroxylation is 1. The quantitative estimate of drug-likeness (QED) is 0.818. The van der Waals surface area contributed by atoms with Crippen LogP contribution < -0.4 is 0 Å². The van der Waals surface area contributed by atoms with Crippen molar-refractivity contribution in [3.05, 3.63) is 36.5 Å². The van der Waals surface area contributed by atoms with E-state index in [1.807, 2.05) is 32.2 Å². The summed E-state index contributed by atoms with van der Waals surface area (Å²) in [5.74, 6) is -0.0151. The molecule has 1 amide bonds. The third kappa shape index (κ3) is 3.63. The highest BCUT2D eigenvalue weighted by Crippen LogP contribution is 2.15. The van der Waals surface area contributed by atoms with Crippen molar-refractivity contribution in [2.24, 2.45) is 5.92 Å². The molecule has 0 aliphatic heterocycles. The van der Waals surface area contributed by atoms with Crippen molar-refractivity contribution in [2.45, 2.75) is 26.8 Å². The molecule has 0 aliphatic rings. The summed E-state index contributed by atoms with van der Waals surface area (Å²) >= 11 is 0. The molecule has 2 rings (SSSR count). The fourth-order valence-corrected chi connectivity index (χ4v) is 2.49. The summed E-state index contributed by atoms with van der Waals surface area (Å²) in [6.07, 6.45) is 2.48. The van der Waals surface area contributed by atoms with Crippen LogP contribution in [0, 0.1) is 17.2 Å². The number of hydrogen-bond donors (Lipinski definition) is 0. The van der Waals surface area contributed by atoms with Crippen molar-refractivity contribution in [2.75, 3.05) is 13.1 Å². The zero-order valence-electron chi connectivity index (χ0n) is 12.6. The summed E-state index contributed by atoms with van der Waals surface area (Å²) < 4.78 is 2.11. The van der Waals surface area contributed by atoms with E-state index in [9.17, 15) is 4.79 Å². The van der Waals surface area contributed by atoms with Gasteiger partial charge in [-0.15, -0.1) is 0 Å². The van der Waals surface area contributed by atoms with E-state index in [-0.39, 0.29) is 11.8 Å². The van der Waals surface area contributed by atoms with Gasteiger partial charge in [-0.05, 0) is 31.4 Å². The van der Waals surface area contributed by atoms with Crippen LogP contribution in [-0.2, 0) is 11.3 Å². The van der Waals surface area contributed by atoms with Gasteiger partial charge in [0.05, 0.1) is 12.0 Å². The van der Waals surface area contributed by atoms with Crippen LogP contribution in [0.15, 0.2) is 36.5 Å². The standard InChI is InChI=1S/C17H21N3O/c1-3-19(13-14(2)12-18)17(21)9-11-20-10-8-15-6-4-5-7-16(15)20/h4-8,10,14H,3,9,11,13H2,1-2H3. The van der Waals surface area contributed by atoms with E-state index in [2.05, 4.69) is 28.8 Å². The number of aromatic nitrogens is 1. The summed E-state index contributed by atoms with van der Waals surface area (Å²) in [6.45, 7) is 5.63. The van der Waals surface area contributed by atoms with E-state index in [0.29, 0.717) is 26.1 Å². The molecule has 0 aliphatic carbocycles. The number of nitrogens with zero attached hydrogens (tertiary/aromatic N) is 3. The Labute approximate surface area is 125 Å². The molecule has 2 aromatic rings. The van der Waals surface area contributed by atoms with Gasteiger partial charge in [-0.2, -0.15) is 5.26 Å². The summed E-state index contributed by atoms with van der Waals surface area (Å²) in [7, 11) is 0. The topological polar surface area (TPSA) is 49.0 Å². The lowest BCUT2D eigenvalue weighted by Gasteiger charge is -2.22. The largest absolute Gasteiger partial charge is 0.347 e. The van der Waals surface area contributed by atoms with Crippen molar-refractivity contribution in [1.29, 1.82) is 5.26 Å². The highest BCUT2D eigenvalue weighted by atomic mass is 16.2. The molecule has 21 heavy (non-hydrogen) atoms. The molecule has 0 N–H and O–H groups in total. The SMILES string of the molecule is CCN(CC(C)C#N)C(=O)CCn1ccc2ccccc21. The molecule has 0 saturated carbocycles. The highest BCUT2D eigenvalue weighted by molar-refractivity contribution is 5.80. The Morgan fingerprint density at radius 3 is 2.86 bits per heavy atom. The highest BCUT2D eigenvalue weighted by Gasteiger charge is 2.14. The van der Waals surface area contributed by atoms with E-state index < -0.39 is 0 Å². The fourth-order valence-electron chi connectivity index (χ4n) is 2.49. The Bertz CT molecular complexity index is 653. The van der Waals surface area contributed by atoms with Gasteiger partial charge in [-0.3, -0.25) is 4.79 Å². The second kappa shape index (κ2) is 6.94. The lowest BCUT2D eigenvalue weighted by molar-refractivity contribution is -0.131. The summed E-state index contributed by atoms with van der Waals surface area (Å²) in [6, 6.07) is 12.4. The van der Waals surface area contributed by atoms with Crippen LogP contribution in [0.4, 0.5) is 0 Å². The number of benzene rings is 1. The third-order valence-electron chi connectivity index (χ3n) is 3.70. The second-order valence-corrected chi connectivity index (χ2v) is 5.28. The number of hydrogen-bond acceptors (Lipinski definition) is 2. The first kappa shape index (κ1) is 15.1. The van der Waals surface area contributed by atoms with E-state index >= 15 is 0 Å². The Morgan fingerprint density at radius 1 is 1.38 bits per heavy atom. The number of para-hydroxylation sites is 1. The molecule has 110 valence electrons. The van der Waals surface area contributed by atoms with Gasteiger partial charge >= 0.3 is 0 Å². The maximum atomic E-state index is 12.3. The first-order valence-electron chi connectivity index (χ1n) is 7.37. The monoisotopic (exact) mass is 283 g/mol. The summed E-state index contributed by atoms with van der Waals surface area (Å²) in [4.78, 5) is 14.0. The molecule has 1 aromatic carbocycles. The minimum Gasteiger partial charge on any atom is -0.347 e. The van der Waals surface area contributed by atoms with Gasteiger partial charge in [0.2, 0.25) is 5.91 Å². The molecule has 1 aromatic heterocycles. The van der Waals surface area contributed by atoms with Crippen LogP contribution in [0.3, 0.4) is 0 Å². The smallest absolute Gasteiger partial charge is 0.224 e. The Balaban J connectivity index is 1.98. The normalized spacial score (nSPS) is 12.0. The fraction of sp³-hybridized carbons (Fsp3) is 0.412. The average Bonchev–Trinajstić information content (AvgIpc) is 2.93. The van der Waals surface area contributed by atoms with Crippen LogP contribution in [0.1, 0.15) is 20.3 Å². The lowest BCUT2D eigenvalue weighted by atomic mass is 10.2. The lowest BCUT2D eigenvalue weighted by Crippen LogP contribution is -2.34. The van der Waals surface area contributed by atoms with Crippen LogP contribution >= 0.6 is 0 Å². The molecule has 4 nitrogen and oxygen atoms in total. The van der Waals surface area contributed by atoms with Crippen molar-refractivity contribution < 1.29 is 4.79 Å². The predicted molar refractivity (Wildman–Crippen MR) is 83.6 cm³/mol. The zero-order valence-corrected chi connectivity index (χ0v) is 12.6. The molecular formula is C17H21N3O. The molecule has 1 unspecified atom stereocenters. The van der Waals surface area contributed by atoms with Crippen LogP contribution in [0.25, 0.3) is 10.9 Å². The molecule has 0 bridgehead atoms. The minimum absolute atomic E-state index is 0.109. The van der Waals surface area contributed by atoms with Gasteiger partial charge in [0, 0.05) is 37.8 Å². The summed E-state index contributed by atoms with van der Waals surface area (Å²) in [5, 5.41) is 10.1.